The van der Waals surface area contributed by atoms with Crippen LogP contribution in [0.2, 0.25) is 0 Å². The Labute approximate surface area is 170 Å². The Hall–Kier alpha value is -1.63. The van der Waals surface area contributed by atoms with Gasteiger partial charge in [0.2, 0.25) is 0 Å². The Morgan fingerprint density at radius 1 is 1.14 bits per heavy atom. The van der Waals surface area contributed by atoms with Gasteiger partial charge < -0.3 is 24.4 Å². The van der Waals surface area contributed by atoms with Crippen molar-refractivity contribution in [3.8, 4) is 0 Å². The first-order valence-corrected chi connectivity index (χ1v) is 10.5. The van der Waals surface area contributed by atoms with E-state index in [9.17, 15) is 0 Å². The first kappa shape index (κ1) is 22.7. The van der Waals surface area contributed by atoms with Crippen LogP contribution in [0.15, 0.2) is 29.3 Å². The van der Waals surface area contributed by atoms with E-state index in [0.717, 1.165) is 71.1 Å². The van der Waals surface area contributed by atoms with Gasteiger partial charge in [-0.05, 0) is 36.8 Å². The SMILES string of the molecule is CCCOCc1ccccc1CNC(=NC)N1CCC(OCCCOC)CC1. The molecule has 0 atom stereocenters. The number of rotatable bonds is 11. The van der Waals surface area contributed by atoms with Gasteiger partial charge in [-0.1, -0.05) is 31.2 Å². The average molecular weight is 392 g/mol. The summed E-state index contributed by atoms with van der Waals surface area (Å²) in [4.78, 5) is 6.81. The van der Waals surface area contributed by atoms with Crippen molar-refractivity contribution >= 4 is 5.96 Å². The molecule has 0 unspecified atom stereocenters. The van der Waals surface area contributed by atoms with Gasteiger partial charge in [0.1, 0.15) is 0 Å². The van der Waals surface area contributed by atoms with Crippen molar-refractivity contribution < 1.29 is 14.2 Å². The summed E-state index contributed by atoms with van der Waals surface area (Å²) in [5, 5.41) is 3.52. The van der Waals surface area contributed by atoms with Crippen LogP contribution in [-0.2, 0) is 27.4 Å². The van der Waals surface area contributed by atoms with E-state index in [1.807, 2.05) is 7.05 Å². The predicted octanol–water partition coefficient (Wildman–Crippen LogP) is 3.21. The first-order valence-electron chi connectivity index (χ1n) is 10.5. The number of aliphatic imine (C=N–C) groups is 1. The van der Waals surface area contributed by atoms with Crippen LogP contribution in [0.3, 0.4) is 0 Å². The molecule has 1 saturated heterocycles. The van der Waals surface area contributed by atoms with Crippen molar-refractivity contribution in [3.05, 3.63) is 35.4 Å². The van der Waals surface area contributed by atoms with Crippen LogP contribution >= 0.6 is 0 Å². The molecule has 28 heavy (non-hydrogen) atoms. The lowest BCUT2D eigenvalue weighted by Crippen LogP contribution is -2.46. The molecule has 0 aromatic heterocycles. The lowest BCUT2D eigenvalue weighted by atomic mass is 10.1. The van der Waals surface area contributed by atoms with Crippen molar-refractivity contribution in [2.75, 3.05) is 47.1 Å². The molecule has 1 aromatic rings. The molecule has 1 heterocycles. The molecule has 0 radical (unpaired) electrons. The van der Waals surface area contributed by atoms with Crippen LogP contribution in [-0.4, -0.2) is 64.0 Å². The number of methoxy groups -OCH3 is 1. The van der Waals surface area contributed by atoms with E-state index in [0.29, 0.717) is 12.7 Å². The van der Waals surface area contributed by atoms with Crippen molar-refractivity contribution in [1.29, 1.82) is 0 Å². The minimum absolute atomic E-state index is 0.350. The van der Waals surface area contributed by atoms with Gasteiger partial charge >= 0.3 is 0 Å². The number of benzene rings is 1. The molecule has 0 spiro atoms. The highest BCUT2D eigenvalue weighted by Gasteiger charge is 2.21. The number of hydrogen-bond acceptors (Lipinski definition) is 4. The van der Waals surface area contributed by atoms with E-state index in [-0.39, 0.29) is 0 Å². The fourth-order valence-electron chi connectivity index (χ4n) is 3.39. The number of hydrogen-bond donors (Lipinski definition) is 1. The zero-order chi connectivity index (χ0) is 20.0. The minimum Gasteiger partial charge on any atom is -0.385 e. The van der Waals surface area contributed by atoms with Crippen LogP contribution in [0, 0.1) is 0 Å². The third-order valence-corrected chi connectivity index (χ3v) is 4.96. The number of guanidine groups is 1. The van der Waals surface area contributed by atoms with Gasteiger partial charge in [-0.2, -0.15) is 0 Å². The van der Waals surface area contributed by atoms with E-state index >= 15 is 0 Å². The summed E-state index contributed by atoms with van der Waals surface area (Å²) in [6, 6.07) is 8.45. The Morgan fingerprint density at radius 2 is 1.89 bits per heavy atom. The maximum Gasteiger partial charge on any atom is 0.193 e. The number of piperidine rings is 1. The van der Waals surface area contributed by atoms with Gasteiger partial charge in [0, 0.05) is 53.6 Å². The summed E-state index contributed by atoms with van der Waals surface area (Å²) in [5.74, 6) is 0.960. The molecule has 1 fully saturated rings. The standard InChI is InChI=1S/C22H37N3O3/c1-4-14-27-18-20-9-6-5-8-19(20)17-24-22(23-2)25-12-10-21(11-13-25)28-16-7-15-26-3/h5-6,8-9,21H,4,7,10-18H2,1-3H3,(H,23,24). The minimum atomic E-state index is 0.350. The van der Waals surface area contributed by atoms with Crippen LogP contribution in [0.1, 0.15) is 43.7 Å². The highest BCUT2D eigenvalue weighted by molar-refractivity contribution is 5.80. The van der Waals surface area contributed by atoms with Crippen LogP contribution in [0.25, 0.3) is 0 Å². The Bertz CT molecular complexity index is 572. The van der Waals surface area contributed by atoms with E-state index in [1.165, 1.54) is 11.1 Å². The Morgan fingerprint density at radius 3 is 2.57 bits per heavy atom. The third-order valence-electron chi connectivity index (χ3n) is 4.96. The second-order valence-electron chi connectivity index (χ2n) is 7.13. The average Bonchev–Trinajstić information content (AvgIpc) is 2.74. The van der Waals surface area contributed by atoms with Crippen molar-refractivity contribution in [1.82, 2.24) is 10.2 Å². The number of nitrogens with one attached hydrogen (secondary N) is 1. The van der Waals surface area contributed by atoms with E-state index in [2.05, 4.69) is 46.4 Å². The largest absolute Gasteiger partial charge is 0.385 e. The Kier molecular flexibility index (Phi) is 10.9. The summed E-state index contributed by atoms with van der Waals surface area (Å²) < 4.78 is 16.8. The molecule has 0 amide bonds. The first-order chi connectivity index (χ1) is 13.8. The molecule has 0 saturated carbocycles. The summed E-state index contributed by atoms with van der Waals surface area (Å²) in [6.45, 7) is 7.83. The zero-order valence-electron chi connectivity index (χ0n) is 17.8. The molecule has 1 N–H and O–H groups in total. The maximum absolute atomic E-state index is 5.96. The van der Waals surface area contributed by atoms with Gasteiger partial charge in [-0.25, -0.2) is 0 Å². The summed E-state index contributed by atoms with van der Waals surface area (Å²) in [5.41, 5.74) is 2.50. The zero-order valence-corrected chi connectivity index (χ0v) is 17.8. The molecule has 158 valence electrons. The predicted molar refractivity (Wildman–Crippen MR) is 114 cm³/mol. The molecule has 6 heteroatoms. The molecule has 1 aliphatic heterocycles. The fourth-order valence-corrected chi connectivity index (χ4v) is 3.39. The van der Waals surface area contributed by atoms with Crippen LogP contribution < -0.4 is 5.32 Å². The molecular formula is C22H37N3O3. The van der Waals surface area contributed by atoms with E-state index in [1.54, 1.807) is 7.11 Å². The molecule has 0 bridgehead atoms. The molecule has 2 rings (SSSR count). The second kappa shape index (κ2) is 13.5. The molecule has 1 aliphatic rings. The molecule has 0 aliphatic carbocycles. The highest BCUT2D eigenvalue weighted by atomic mass is 16.5. The molecular weight excluding hydrogens is 354 g/mol. The highest BCUT2D eigenvalue weighted by Crippen LogP contribution is 2.15. The van der Waals surface area contributed by atoms with E-state index in [4.69, 9.17) is 14.2 Å². The van der Waals surface area contributed by atoms with Gasteiger partial charge in [-0.3, -0.25) is 4.99 Å². The number of likely N-dealkylation sites (tertiary alicyclic amines) is 1. The maximum atomic E-state index is 5.96. The number of ether oxygens (including phenoxy) is 3. The van der Waals surface area contributed by atoms with E-state index < -0.39 is 0 Å². The third kappa shape index (κ3) is 7.78. The Balaban J connectivity index is 1.78. The summed E-state index contributed by atoms with van der Waals surface area (Å²) in [7, 11) is 3.58. The smallest absolute Gasteiger partial charge is 0.193 e. The van der Waals surface area contributed by atoms with Crippen molar-refractivity contribution in [2.24, 2.45) is 4.99 Å². The van der Waals surface area contributed by atoms with Gasteiger partial charge in [0.05, 0.1) is 12.7 Å². The van der Waals surface area contributed by atoms with Gasteiger partial charge in [0.15, 0.2) is 5.96 Å². The number of nitrogens with zero attached hydrogens (tertiary/aromatic N) is 2. The summed E-state index contributed by atoms with van der Waals surface area (Å²) >= 11 is 0. The van der Waals surface area contributed by atoms with Crippen molar-refractivity contribution in [3.63, 3.8) is 0 Å². The molecule has 1 aromatic carbocycles. The lowest BCUT2D eigenvalue weighted by Gasteiger charge is -2.34. The fraction of sp³-hybridized carbons (Fsp3) is 0.682. The quantitative estimate of drug-likeness (QED) is 0.357. The normalized spacial score (nSPS) is 15.8. The van der Waals surface area contributed by atoms with Crippen LogP contribution in [0.4, 0.5) is 0 Å². The molecule has 6 nitrogen and oxygen atoms in total. The van der Waals surface area contributed by atoms with Gasteiger partial charge in [-0.15, -0.1) is 0 Å². The second-order valence-corrected chi connectivity index (χ2v) is 7.13. The monoisotopic (exact) mass is 391 g/mol. The van der Waals surface area contributed by atoms with Gasteiger partial charge in [0.25, 0.3) is 0 Å². The summed E-state index contributed by atoms with van der Waals surface area (Å²) in [6.07, 6.45) is 4.42. The topological polar surface area (TPSA) is 55.3 Å². The lowest BCUT2D eigenvalue weighted by molar-refractivity contribution is 0.00989. The van der Waals surface area contributed by atoms with Crippen molar-refractivity contribution in [2.45, 2.75) is 51.9 Å². The van der Waals surface area contributed by atoms with Crippen LogP contribution in [0.5, 0.6) is 0 Å².